The molecule has 0 aliphatic rings. The molecule has 1 rings (SSSR count). The molecule has 128 valence electrons. The van der Waals surface area contributed by atoms with Crippen molar-refractivity contribution in [3.63, 3.8) is 0 Å². The fourth-order valence-corrected chi connectivity index (χ4v) is 2.51. The second kappa shape index (κ2) is 8.48. The van der Waals surface area contributed by atoms with E-state index in [2.05, 4.69) is 21.2 Å². The zero-order chi connectivity index (χ0) is 17.6. The molecule has 0 bridgehead atoms. The van der Waals surface area contributed by atoms with Gasteiger partial charge in [0.1, 0.15) is 16.5 Å². The first kappa shape index (κ1) is 19.7. The summed E-state index contributed by atoms with van der Waals surface area (Å²) in [5, 5.41) is 2.81. The summed E-state index contributed by atoms with van der Waals surface area (Å²) in [7, 11) is 0. The van der Waals surface area contributed by atoms with Crippen molar-refractivity contribution >= 4 is 27.8 Å². The van der Waals surface area contributed by atoms with E-state index in [-0.39, 0.29) is 11.8 Å². The average Bonchev–Trinajstić information content (AvgIpc) is 2.44. The Kier molecular flexibility index (Phi) is 7.26. The number of carbonyl (C=O) groups excluding carboxylic acids is 2. The number of carbonyl (C=O) groups is 2. The summed E-state index contributed by atoms with van der Waals surface area (Å²) >= 11 is 3.39. The van der Waals surface area contributed by atoms with Crippen LogP contribution in [0.25, 0.3) is 0 Å². The smallest absolute Gasteiger partial charge is 0.329 e. The molecule has 1 aromatic rings. The first-order valence-electron chi connectivity index (χ1n) is 7.82. The van der Waals surface area contributed by atoms with Gasteiger partial charge in [0.2, 0.25) is 5.91 Å². The van der Waals surface area contributed by atoms with Crippen LogP contribution in [-0.4, -0.2) is 23.5 Å². The highest BCUT2D eigenvalue weighted by Crippen LogP contribution is 2.23. The van der Waals surface area contributed by atoms with Gasteiger partial charge in [-0.2, -0.15) is 0 Å². The van der Waals surface area contributed by atoms with E-state index in [1.807, 2.05) is 65.0 Å². The maximum atomic E-state index is 12.4. The zero-order valence-electron chi connectivity index (χ0n) is 14.4. The van der Waals surface area contributed by atoms with Crippen molar-refractivity contribution in [1.82, 2.24) is 5.32 Å². The largest absolute Gasteiger partial charge is 0.458 e. The molecule has 1 aromatic carbocycles. The van der Waals surface area contributed by atoms with E-state index in [4.69, 9.17) is 4.74 Å². The van der Waals surface area contributed by atoms with Gasteiger partial charge in [-0.3, -0.25) is 4.79 Å². The fourth-order valence-electron chi connectivity index (χ4n) is 2.08. The summed E-state index contributed by atoms with van der Waals surface area (Å²) in [6.45, 7) is 9.46. The van der Waals surface area contributed by atoms with Crippen LogP contribution in [0.3, 0.4) is 0 Å². The van der Waals surface area contributed by atoms with Crippen LogP contribution in [0.15, 0.2) is 30.3 Å². The summed E-state index contributed by atoms with van der Waals surface area (Å²) in [6, 6.07) is 8.72. The second-order valence-electron chi connectivity index (χ2n) is 7.00. The van der Waals surface area contributed by atoms with E-state index < -0.39 is 22.4 Å². The van der Waals surface area contributed by atoms with E-state index in [1.165, 1.54) is 0 Å². The van der Waals surface area contributed by atoms with Crippen LogP contribution in [-0.2, 0) is 14.3 Å². The molecular formula is C18H26BrNO3. The molecule has 0 aliphatic carbocycles. The van der Waals surface area contributed by atoms with Crippen LogP contribution in [0.1, 0.15) is 51.4 Å². The number of benzene rings is 1. The first-order valence-corrected chi connectivity index (χ1v) is 8.74. The third-order valence-electron chi connectivity index (χ3n) is 3.04. The maximum Gasteiger partial charge on any atom is 0.329 e. The Hall–Kier alpha value is -1.36. The molecule has 0 fully saturated rings. The van der Waals surface area contributed by atoms with Crippen molar-refractivity contribution in [2.24, 2.45) is 5.92 Å². The lowest BCUT2D eigenvalue weighted by atomic mass is 10.0. The third kappa shape index (κ3) is 7.16. The van der Waals surface area contributed by atoms with Crippen LogP contribution < -0.4 is 5.32 Å². The Bertz CT molecular complexity index is 523. The minimum atomic E-state index is -0.648. The normalized spacial score (nSPS) is 14.2. The molecule has 0 saturated carbocycles. The molecule has 0 saturated heterocycles. The molecule has 1 unspecified atom stereocenters. The van der Waals surface area contributed by atoms with Gasteiger partial charge in [-0.1, -0.05) is 60.1 Å². The van der Waals surface area contributed by atoms with Crippen LogP contribution in [0.2, 0.25) is 0 Å². The number of halogens is 1. The number of hydrogen-bond acceptors (Lipinski definition) is 3. The summed E-state index contributed by atoms with van der Waals surface area (Å²) in [5.74, 6) is -0.377. The van der Waals surface area contributed by atoms with Crippen molar-refractivity contribution in [1.29, 1.82) is 0 Å². The maximum absolute atomic E-state index is 12.4. The Labute approximate surface area is 147 Å². The van der Waals surface area contributed by atoms with Crippen LogP contribution >= 0.6 is 15.9 Å². The molecule has 2 atom stereocenters. The number of amides is 1. The second-order valence-corrected chi connectivity index (χ2v) is 7.91. The SMILES string of the molecule is CC(C)C[C@H](NC(=O)C(Br)c1ccccc1)C(=O)OC(C)(C)C. The number of nitrogens with one attached hydrogen (secondary N) is 1. The van der Waals surface area contributed by atoms with Gasteiger partial charge in [-0.05, 0) is 38.7 Å². The molecule has 23 heavy (non-hydrogen) atoms. The van der Waals surface area contributed by atoms with Crippen LogP contribution in [0.5, 0.6) is 0 Å². The van der Waals surface area contributed by atoms with Gasteiger partial charge in [-0.25, -0.2) is 4.79 Å². The topological polar surface area (TPSA) is 55.4 Å². The van der Waals surface area contributed by atoms with E-state index in [0.29, 0.717) is 6.42 Å². The van der Waals surface area contributed by atoms with Crippen molar-refractivity contribution < 1.29 is 14.3 Å². The molecule has 0 aromatic heterocycles. The lowest BCUT2D eigenvalue weighted by molar-refractivity contribution is -0.159. The van der Waals surface area contributed by atoms with Gasteiger partial charge in [0, 0.05) is 0 Å². The fraction of sp³-hybridized carbons (Fsp3) is 0.556. The zero-order valence-corrected chi connectivity index (χ0v) is 16.0. The van der Waals surface area contributed by atoms with Gasteiger partial charge < -0.3 is 10.1 Å². The molecule has 1 amide bonds. The van der Waals surface area contributed by atoms with E-state index in [0.717, 1.165) is 5.56 Å². The predicted molar refractivity (Wildman–Crippen MR) is 95.3 cm³/mol. The van der Waals surface area contributed by atoms with E-state index in [1.54, 1.807) is 0 Å². The van der Waals surface area contributed by atoms with Crippen molar-refractivity contribution in [2.75, 3.05) is 0 Å². The quantitative estimate of drug-likeness (QED) is 0.596. The van der Waals surface area contributed by atoms with E-state index >= 15 is 0 Å². The van der Waals surface area contributed by atoms with E-state index in [9.17, 15) is 9.59 Å². The molecule has 0 spiro atoms. The summed E-state index contributed by atoms with van der Waals surface area (Å²) in [4.78, 5) is 24.3. The number of rotatable bonds is 6. The van der Waals surface area contributed by atoms with Gasteiger partial charge in [-0.15, -0.1) is 0 Å². The number of alkyl halides is 1. The summed E-state index contributed by atoms with van der Waals surface area (Å²) in [6.07, 6.45) is 0.537. The number of esters is 1. The Morgan fingerprint density at radius 3 is 2.22 bits per heavy atom. The minimum absolute atomic E-state index is 0.243. The first-order chi connectivity index (χ1) is 10.6. The monoisotopic (exact) mass is 383 g/mol. The highest BCUT2D eigenvalue weighted by atomic mass is 79.9. The Morgan fingerprint density at radius 2 is 1.74 bits per heavy atom. The van der Waals surface area contributed by atoms with Crippen LogP contribution in [0, 0.1) is 5.92 Å². The highest BCUT2D eigenvalue weighted by molar-refractivity contribution is 9.09. The Balaban J connectivity index is 2.80. The van der Waals surface area contributed by atoms with Gasteiger partial charge in [0.25, 0.3) is 0 Å². The molecule has 4 nitrogen and oxygen atoms in total. The predicted octanol–water partition coefficient (Wildman–Crippen LogP) is 4.00. The molecule has 0 radical (unpaired) electrons. The molecule has 0 heterocycles. The standard InChI is InChI=1S/C18H26BrNO3/c1-12(2)11-14(17(22)23-18(3,4)5)20-16(21)15(19)13-9-7-6-8-10-13/h6-10,12,14-15H,11H2,1-5H3,(H,20,21)/t14-,15?/m0/s1. The minimum Gasteiger partial charge on any atom is -0.458 e. The average molecular weight is 384 g/mol. The number of hydrogen-bond donors (Lipinski definition) is 1. The van der Waals surface area contributed by atoms with Gasteiger partial charge >= 0.3 is 5.97 Å². The van der Waals surface area contributed by atoms with Crippen molar-refractivity contribution in [3.05, 3.63) is 35.9 Å². The molecule has 0 aliphatic heterocycles. The van der Waals surface area contributed by atoms with Crippen LogP contribution in [0.4, 0.5) is 0 Å². The van der Waals surface area contributed by atoms with Crippen molar-refractivity contribution in [2.45, 2.75) is 57.5 Å². The highest BCUT2D eigenvalue weighted by Gasteiger charge is 2.29. The molecular weight excluding hydrogens is 358 g/mol. The third-order valence-corrected chi connectivity index (χ3v) is 3.98. The number of ether oxygens (including phenoxy) is 1. The van der Waals surface area contributed by atoms with Crippen molar-refractivity contribution in [3.8, 4) is 0 Å². The summed E-state index contributed by atoms with van der Waals surface area (Å²) < 4.78 is 5.42. The van der Waals surface area contributed by atoms with Gasteiger partial charge in [0.15, 0.2) is 0 Å². The Morgan fingerprint density at radius 1 is 1.17 bits per heavy atom. The lowest BCUT2D eigenvalue weighted by Crippen LogP contribution is -2.45. The van der Waals surface area contributed by atoms with Gasteiger partial charge in [0.05, 0.1) is 0 Å². The molecule has 5 heteroatoms. The molecule has 1 N–H and O–H groups in total. The lowest BCUT2D eigenvalue weighted by Gasteiger charge is -2.26. The summed E-state index contributed by atoms with van der Waals surface area (Å²) in [5.41, 5.74) is 0.266.